The van der Waals surface area contributed by atoms with Crippen molar-refractivity contribution in [1.82, 2.24) is 9.71 Å². The van der Waals surface area contributed by atoms with Crippen LogP contribution in [0.2, 0.25) is 0 Å². The van der Waals surface area contributed by atoms with Gasteiger partial charge in [-0.1, -0.05) is 0 Å². The van der Waals surface area contributed by atoms with Crippen LogP contribution in [0.4, 0.5) is 5.69 Å². The number of hydrogen-bond acceptors (Lipinski definition) is 5. The maximum atomic E-state index is 11.5. The summed E-state index contributed by atoms with van der Waals surface area (Å²) < 4.78 is 30.6. The Balaban J connectivity index is 2.08. The molecule has 6 nitrogen and oxygen atoms in total. The Morgan fingerprint density at radius 3 is 2.60 bits per heavy atom. The molecule has 108 valence electrons. The molecule has 2 N–H and O–H groups in total. The zero-order valence-corrected chi connectivity index (χ0v) is 12.4. The predicted octanol–water partition coefficient (Wildman–Crippen LogP) is 1.81. The van der Waals surface area contributed by atoms with Crippen LogP contribution in [0.15, 0.2) is 33.8 Å². The molecule has 0 atom stereocenters. The second-order valence-electron chi connectivity index (χ2n) is 4.37. The molecular formula is C13H17N3O3S. The Hall–Kier alpha value is -1.86. The molecule has 2 aromatic rings. The molecule has 0 aromatic carbocycles. The van der Waals surface area contributed by atoms with Crippen LogP contribution in [-0.2, 0) is 16.6 Å². The lowest BCUT2D eigenvalue weighted by molar-refractivity contribution is 0.417. The molecule has 0 spiro atoms. The number of pyridine rings is 1. The van der Waals surface area contributed by atoms with Gasteiger partial charge in [-0.2, -0.15) is 0 Å². The highest BCUT2D eigenvalue weighted by Crippen LogP contribution is 2.17. The largest absolute Gasteiger partial charge is 0.446 e. The number of nitrogens with one attached hydrogen (secondary N) is 2. The van der Waals surface area contributed by atoms with Gasteiger partial charge in [-0.3, -0.25) is 4.98 Å². The SMILES string of the molecule is CNS(=O)(=O)c1ccc(CNc2ccc(C)nc2C)o1. The molecule has 2 rings (SSSR count). The minimum Gasteiger partial charge on any atom is -0.446 e. The van der Waals surface area contributed by atoms with Gasteiger partial charge >= 0.3 is 0 Å². The lowest BCUT2D eigenvalue weighted by Crippen LogP contribution is -2.17. The monoisotopic (exact) mass is 295 g/mol. The number of hydrogen-bond donors (Lipinski definition) is 2. The maximum Gasteiger partial charge on any atom is 0.273 e. The van der Waals surface area contributed by atoms with E-state index in [1.54, 1.807) is 6.07 Å². The molecule has 0 unspecified atom stereocenters. The Morgan fingerprint density at radius 1 is 1.20 bits per heavy atom. The summed E-state index contributed by atoms with van der Waals surface area (Å²) in [6, 6.07) is 6.91. The van der Waals surface area contributed by atoms with E-state index in [-0.39, 0.29) is 5.09 Å². The van der Waals surface area contributed by atoms with Crippen LogP contribution in [0.25, 0.3) is 0 Å². The van der Waals surface area contributed by atoms with Crippen LogP contribution < -0.4 is 10.0 Å². The van der Waals surface area contributed by atoms with Gasteiger partial charge in [-0.25, -0.2) is 13.1 Å². The highest BCUT2D eigenvalue weighted by molar-refractivity contribution is 7.89. The first kappa shape index (κ1) is 14.5. The van der Waals surface area contributed by atoms with Gasteiger partial charge in [0.1, 0.15) is 5.76 Å². The van der Waals surface area contributed by atoms with E-state index in [0.29, 0.717) is 12.3 Å². The standard InChI is InChI=1S/C13H17N3O3S/c1-9-4-6-12(10(2)16-9)15-8-11-5-7-13(19-11)20(17,18)14-3/h4-7,14-15H,8H2,1-3H3. The van der Waals surface area contributed by atoms with E-state index in [4.69, 9.17) is 4.42 Å². The van der Waals surface area contributed by atoms with Crippen molar-refractivity contribution < 1.29 is 12.8 Å². The van der Waals surface area contributed by atoms with Crippen LogP contribution >= 0.6 is 0 Å². The number of aryl methyl sites for hydroxylation is 2. The summed E-state index contributed by atoms with van der Waals surface area (Å²) in [7, 11) is -2.19. The average molecular weight is 295 g/mol. The van der Waals surface area contributed by atoms with Gasteiger partial charge in [-0.05, 0) is 45.2 Å². The fourth-order valence-electron chi connectivity index (χ4n) is 1.75. The van der Waals surface area contributed by atoms with Gasteiger partial charge in [0.2, 0.25) is 5.09 Å². The quantitative estimate of drug-likeness (QED) is 0.879. The highest BCUT2D eigenvalue weighted by atomic mass is 32.2. The Labute approximate surface area is 118 Å². The zero-order chi connectivity index (χ0) is 14.8. The van der Waals surface area contributed by atoms with Gasteiger partial charge in [0.25, 0.3) is 10.0 Å². The number of furan rings is 1. The third-order valence-electron chi connectivity index (χ3n) is 2.85. The lowest BCUT2D eigenvalue weighted by Gasteiger charge is -2.07. The summed E-state index contributed by atoms with van der Waals surface area (Å²) >= 11 is 0. The van der Waals surface area contributed by atoms with Crippen molar-refractivity contribution >= 4 is 15.7 Å². The molecule has 2 aromatic heterocycles. The fraction of sp³-hybridized carbons (Fsp3) is 0.308. The molecule has 0 aliphatic carbocycles. The second-order valence-corrected chi connectivity index (χ2v) is 6.18. The summed E-state index contributed by atoms with van der Waals surface area (Å²) in [5.41, 5.74) is 2.73. The van der Waals surface area contributed by atoms with Gasteiger partial charge in [0, 0.05) is 5.69 Å². The van der Waals surface area contributed by atoms with E-state index in [2.05, 4.69) is 15.0 Å². The molecule has 0 bridgehead atoms. The highest BCUT2D eigenvalue weighted by Gasteiger charge is 2.16. The van der Waals surface area contributed by atoms with E-state index < -0.39 is 10.0 Å². The first-order valence-electron chi connectivity index (χ1n) is 6.13. The van der Waals surface area contributed by atoms with Crippen molar-refractivity contribution in [3.63, 3.8) is 0 Å². The van der Waals surface area contributed by atoms with Crippen molar-refractivity contribution in [1.29, 1.82) is 0 Å². The number of aromatic nitrogens is 1. The Kier molecular flexibility index (Phi) is 4.10. The maximum absolute atomic E-state index is 11.5. The van der Waals surface area contributed by atoms with E-state index in [1.165, 1.54) is 13.1 Å². The first-order chi connectivity index (χ1) is 9.42. The van der Waals surface area contributed by atoms with Gasteiger partial charge in [0.05, 0.1) is 17.9 Å². The van der Waals surface area contributed by atoms with Crippen molar-refractivity contribution in [3.05, 3.63) is 41.4 Å². The Morgan fingerprint density at radius 2 is 1.95 bits per heavy atom. The van der Waals surface area contributed by atoms with E-state index in [9.17, 15) is 8.42 Å². The van der Waals surface area contributed by atoms with E-state index in [1.807, 2.05) is 26.0 Å². The summed E-state index contributed by atoms with van der Waals surface area (Å²) in [6.07, 6.45) is 0. The minimum atomic E-state index is -3.53. The normalized spacial score (nSPS) is 11.6. The molecule has 0 fully saturated rings. The zero-order valence-electron chi connectivity index (χ0n) is 11.6. The van der Waals surface area contributed by atoms with Gasteiger partial charge < -0.3 is 9.73 Å². The molecule has 0 saturated heterocycles. The minimum absolute atomic E-state index is 0.0875. The van der Waals surface area contributed by atoms with Crippen molar-refractivity contribution in [2.45, 2.75) is 25.5 Å². The molecule has 0 aliphatic heterocycles. The topological polar surface area (TPSA) is 84.2 Å². The third-order valence-corrected chi connectivity index (χ3v) is 4.14. The Bertz CT molecular complexity index is 707. The predicted molar refractivity (Wildman–Crippen MR) is 76.0 cm³/mol. The van der Waals surface area contributed by atoms with Gasteiger partial charge in [-0.15, -0.1) is 0 Å². The van der Waals surface area contributed by atoms with Gasteiger partial charge in [0.15, 0.2) is 0 Å². The van der Waals surface area contributed by atoms with Crippen LogP contribution in [0.3, 0.4) is 0 Å². The summed E-state index contributed by atoms with van der Waals surface area (Å²) in [5, 5.41) is 3.08. The second kappa shape index (κ2) is 5.64. The van der Waals surface area contributed by atoms with E-state index in [0.717, 1.165) is 17.1 Å². The number of rotatable bonds is 5. The number of anilines is 1. The summed E-state index contributed by atoms with van der Waals surface area (Å²) in [6.45, 7) is 4.23. The van der Waals surface area contributed by atoms with Crippen molar-refractivity contribution in [2.24, 2.45) is 0 Å². The third kappa shape index (κ3) is 3.17. The molecule has 0 saturated carbocycles. The first-order valence-corrected chi connectivity index (χ1v) is 7.61. The van der Waals surface area contributed by atoms with Crippen LogP contribution in [0.5, 0.6) is 0 Å². The average Bonchev–Trinajstić information content (AvgIpc) is 2.87. The molecule has 2 heterocycles. The van der Waals surface area contributed by atoms with Crippen LogP contribution in [-0.4, -0.2) is 20.4 Å². The molecule has 7 heteroatoms. The molecule has 0 radical (unpaired) electrons. The molecular weight excluding hydrogens is 278 g/mol. The molecule has 0 aliphatic rings. The lowest BCUT2D eigenvalue weighted by atomic mass is 10.2. The van der Waals surface area contributed by atoms with Crippen LogP contribution in [0.1, 0.15) is 17.1 Å². The fourth-order valence-corrected chi connectivity index (χ4v) is 2.42. The summed E-state index contributed by atoms with van der Waals surface area (Å²) in [4.78, 5) is 4.34. The van der Waals surface area contributed by atoms with Crippen molar-refractivity contribution in [2.75, 3.05) is 12.4 Å². The van der Waals surface area contributed by atoms with Crippen molar-refractivity contribution in [3.8, 4) is 0 Å². The van der Waals surface area contributed by atoms with E-state index >= 15 is 0 Å². The summed E-state index contributed by atoms with van der Waals surface area (Å²) in [5.74, 6) is 0.541. The number of sulfonamides is 1. The smallest absolute Gasteiger partial charge is 0.273 e. The van der Waals surface area contributed by atoms with Crippen LogP contribution in [0, 0.1) is 13.8 Å². The molecule has 0 amide bonds. The number of nitrogens with zero attached hydrogens (tertiary/aromatic N) is 1. The molecule has 20 heavy (non-hydrogen) atoms.